The van der Waals surface area contributed by atoms with Crippen molar-refractivity contribution in [2.75, 3.05) is 13.2 Å². The van der Waals surface area contributed by atoms with Gasteiger partial charge in [-0.3, -0.25) is 4.79 Å². The Hall–Kier alpha value is -1.63. The van der Waals surface area contributed by atoms with Gasteiger partial charge in [-0.15, -0.1) is 11.3 Å². The van der Waals surface area contributed by atoms with Crippen LogP contribution in [0.15, 0.2) is 36.0 Å². The molecule has 0 fully saturated rings. The molecular formula is C12H14N2O3S. The van der Waals surface area contributed by atoms with Gasteiger partial charge >= 0.3 is 0 Å². The molecule has 96 valence electrons. The van der Waals surface area contributed by atoms with Gasteiger partial charge in [-0.1, -0.05) is 0 Å². The third-order valence-electron chi connectivity index (χ3n) is 2.44. The Morgan fingerprint density at radius 3 is 2.83 bits per heavy atom. The second kappa shape index (κ2) is 5.81. The van der Waals surface area contributed by atoms with Crippen LogP contribution in [0.4, 0.5) is 0 Å². The lowest BCUT2D eigenvalue weighted by atomic mass is 10.3. The average molecular weight is 266 g/mol. The van der Waals surface area contributed by atoms with E-state index in [4.69, 9.17) is 5.11 Å². The first-order chi connectivity index (χ1) is 8.72. The van der Waals surface area contributed by atoms with E-state index in [-0.39, 0.29) is 19.1 Å². The molecule has 0 saturated carbocycles. The van der Waals surface area contributed by atoms with Crippen molar-refractivity contribution >= 4 is 17.2 Å². The number of nitrogens with one attached hydrogen (secondary N) is 1. The van der Waals surface area contributed by atoms with Gasteiger partial charge in [0.05, 0.1) is 18.4 Å². The second-order valence-electron chi connectivity index (χ2n) is 3.77. The summed E-state index contributed by atoms with van der Waals surface area (Å²) in [5.74, 6) is -0.249. The molecule has 0 bridgehead atoms. The van der Waals surface area contributed by atoms with Crippen LogP contribution in [0.1, 0.15) is 9.67 Å². The molecule has 2 aromatic heterocycles. The Bertz CT molecular complexity index is 507. The molecule has 1 amide bonds. The number of aliphatic hydroxyl groups excluding tert-OH is 2. The van der Waals surface area contributed by atoms with Gasteiger partial charge in [0.2, 0.25) is 0 Å². The van der Waals surface area contributed by atoms with Crippen molar-refractivity contribution in [3.63, 3.8) is 0 Å². The first kappa shape index (κ1) is 12.8. The fraction of sp³-hybridized carbons (Fsp3) is 0.250. The largest absolute Gasteiger partial charge is 0.394 e. The van der Waals surface area contributed by atoms with E-state index in [0.717, 1.165) is 5.69 Å². The van der Waals surface area contributed by atoms with E-state index in [1.807, 2.05) is 40.5 Å². The molecule has 2 rings (SSSR count). The Morgan fingerprint density at radius 1 is 1.44 bits per heavy atom. The number of amides is 1. The third-order valence-corrected chi connectivity index (χ3v) is 3.34. The fourth-order valence-corrected chi connectivity index (χ4v) is 2.33. The molecule has 18 heavy (non-hydrogen) atoms. The maximum Gasteiger partial charge on any atom is 0.263 e. The number of rotatable bonds is 5. The van der Waals surface area contributed by atoms with E-state index in [9.17, 15) is 9.90 Å². The summed E-state index contributed by atoms with van der Waals surface area (Å²) in [5.41, 5.74) is 0.806. The zero-order valence-corrected chi connectivity index (χ0v) is 10.4. The van der Waals surface area contributed by atoms with Gasteiger partial charge in [0.1, 0.15) is 4.88 Å². The van der Waals surface area contributed by atoms with Crippen LogP contribution in [0.25, 0.3) is 5.69 Å². The van der Waals surface area contributed by atoms with Gasteiger partial charge in [-0.2, -0.15) is 0 Å². The Balaban J connectivity index is 2.10. The van der Waals surface area contributed by atoms with Gasteiger partial charge in [-0.05, 0) is 23.6 Å². The van der Waals surface area contributed by atoms with Crippen molar-refractivity contribution in [3.05, 3.63) is 40.8 Å². The highest BCUT2D eigenvalue weighted by atomic mass is 32.1. The minimum absolute atomic E-state index is 0.0400. The molecule has 1 atom stereocenters. The van der Waals surface area contributed by atoms with E-state index < -0.39 is 6.10 Å². The minimum atomic E-state index is -0.927. The summed E-state index contributed by atoms with van der Waals surface area (Å²) in [4.78, 5) is 12.5. The normalized spacial score (nSPS) is 12.3. The van der Waals surface area contributed by atoms with E-state index in [2.05, 4.69) is 5.32 Å². The molecule has 0 radical (unpaired) electrons. The van der Waals surface area contributed by atoms with Crippen LogP contribution >= 0.6 is 11.3 Å². The van der Waals surface area contributed by atoms with E-state index in [1.165, 1.54) is 11.3 Å². The molecule has 3 N–H and O–H groups in total. The van der Waals surface area contributed by atoms with Crippen LogP contribution in [0.3, 0.4) is 0 Å². The topological polar surface area (TPSA) is 74.5 Å². The van der Waals surface area contributed by atoms with Crippen LogP contribution in [-0.4, -0.2) is 39.9 Å². The maximum atomic E-state index is 11.9. The fourth-order valence-electron chi connectivity index (χ4n) is 1.53. The lowest BCUT2D eigenvalue weighted by Crippen LogP contribution is -2.33. The van der Waals surface area contributed by atoms with Crippen molar-refractivity contribution in [1.82, 2.24) is 9.88 Å². The van der Waals surface area contributed by atoms with Crippen LogP contribution in [0, 0.1) is 0 Å². The standard InChI is InChI=1S/C12H14N2O3S/c15-8-9(16)7-13-12(17)11-10(3-6-18-11)14-4-1-2-5-14/h1-6,9,15-16H,7-8H2,(H,13,17). The predicted molar refractivity (Wildman–Crippen MR) is 69.1 cm³/mol. The maximum absolute atomic E-state index is 11.9. The zero-order valence-electron chi connectivity index (χ0n) is 9.61. The molecule has 1 unspecified atom stereocenters. The molecule has 0 aromatic carbocycles. The quantitative estimate of drug-likeness (QED) is 0.743. The molecule has 0 spiro atoms. The van der Waals surface area contributed by atoms with Crippen LogP contribution < -0.4 is 5.32 Å². The summed E-state index contributed by atoms with van der Waals surface area (Å²) >= 11 is 1.34. The highest BCUT2D eigenvalue weighted by Crippen LogP contribution is 2.21. The molecule has 5 nitrogen and oxygen atoms in total. The zero-order chi connectivity index (χ0) is 13.0. The van der Waals surface area contributed by atoms with Crippen molar-refractivity contribution in [2.24, 2.45) is 0 Å². The van der Waals surface area contributed by atoms with Crippen molar-refractivity contribution in [2.45, 2.75) is 6.10 Å². The van der Waals surface area contributed by atoms with Crippen LogP contribution in [0.5, 0.6) is 0 Å². The number of hydrogen-bond donors (Lipinski definition) is 3. The first-order valence-electron chi connectivity index (χ1n) is 5.50. The monoisotopic (exact) mass is 266 g/mol. The van der Waals surface area contributed by atoms with Gasteiger partial charge in [0.15, 0.2) is 0 Å². The van der Waals surface area contributed by atoms with E-state index in [0.29, 0.717) is 4.88 Å². The van der Waals surface area contributed by atoms with E-state index in [1.54, 1.807) is 0 Å². The van der Waals surface area contributed by atoms with Gasteiger partial charge < -0.3 is 20.1 Å². The van der Waals surface area contributed by atoms with Gasteiger partial charge in [-0.25, -0.2) is 0 Å². The van der Waals surface area contributed by atoms with Crippen molar-refractivity contribution < 1.29 is 15.0 Å². The first-order valence-corrected chi connectivity index (χ1v) is 6.38. The number of aromatic nitrogens is 1. The summed E-state index contributed by atoms with van der Waals surface area (Å²) in [6, 6.07) is 5.63. The number of thiophene rings is 1. The van der Waals surface area contributed by atoms with Crippen molar-refractivity contribution in [1.29, 1.82) is 0 Å². The molecule has 0 aliphatic rings. The second-order valence-corrected chi connectivity index (χ2v) is 4.69. The summed E-state index contributed by atoms with van der Waals surface area (Å²) in [7, 11) is 0. The predicted octanol–water partition coefficient (Wildman–Crippen LogP) is 0.622. The van der Waals surface area contributed by atoms with Crippen LogP contribution in [0.2, 0.25) is 0 Å². The SMILES string of the molecule is O=C(NCC(O)CO)c1sccc1-n1cccc1. The van der Waals surface area contributed by atoms with Gasteiger partial charge in [0.25, 0.3) is 5.91 Å². The summed E-state index contributed by atoms with van der Waals surface area (Å²) in [6.45, 7) is -0.326. The third kappa shape index (κ3) is 2.79. The molecule has 2 heterocycles. The Labute approximate surface area is 108 Å². The van der Waals surface area contributed by atoms with E-state index >= 15 is 0 Å². The smallest absolute Gasteiger partial charge is 0.263 e. The molecular weight excluding hydrogens is 252 g/mol. The van der Waals surface area contributed by atoms with Crippen LogP contribution in [-0.2, 0) is 0 Å². The molecule has 6 heteroatoms. The molecule has 2 aromatic rings. The molecule has 0 aliphatic carbocycles. The summed E-state index contributed by atoms with van der Waals surface area (Å²) in [6.07, 6.45) is 2.80. The Kier molecular flexibility index (Phi) is 4.14. The summed E-state index contributed by atoms with van der Waals surface area (Å²) in [5, 5.41) is 22.3. The summed E-state index contributed by atoms with van der Waals surface area (Å²) < 4.78 is 1.86. The lowest BCUT2D eigenvalue weighted by molar-refractivity contribution is 0.0804. The van der Waals surface area contributed by atoms with Crippen molar-refractivity contribution in [3.8, 4) is 5.69 Å². The molecule has 0 saturated heterocycles. The minimum Gasteiger partial charge on any atom is -0.394 e. The molecule has 0 aliphatic heterocycles. The highest BCUT2D eigenvalue weighted by molar-refractivity contribution is 7.12. The number of carbonyl (C=O) groups is 1. The lowest BCUT2D eigenvalue weighted by Gasteiger charge is -2.09. The number of aliphatic hydroxyl groups is 2. The number of nitrogens with zero attached hydrogens (tertiary/aromatic N) is 1. The van der Waals surface area contributed by atoms with Gasteiger partial charge in [0, 0.05) is 18.9 Å². The Morgan fingerprint density at radius 2 is 2.17 bits per heavy atom. The number of hydrogen-bond acceptors (Lipinski definition) is 4. The average Bonchev–Trinajstić information content (AvgIpc) is 3.04. The highest BCUT2D eigenvalue weighted by Gasteiger charge is 2.14. The number of carbonyl (C=O) groups excluding carboxylic acids is 1.